The van der Waals surface area contributed by atoms with Gasteiger partial charge in [0.15, 0.2) is 0 Å². The molecule has 0 bridgehead atoms. The van der Waals surface area contributed by atoms with Gasteiger partial charge in [-0.1, -0.05) is 17.7 Å². The zero-order valence-corrected chi connectivity index (χ0v) is 13.9. The van der Waals surface area contributed by atoms with Crippen molar-refractivity contribution in [2.75, 3.05) is 13.7 Å². The number of aromatic nitrogens is 1. The number of carbonyl (C=O) groups excluding carboxylic acids is 1. The Balaban J connectivity index is 2.11. The molecule has 1 aromatic carbocycles. The molecule has 0 fully saturated rings. The van der Waals surface area contributed by atoms with Crippen LogP contribution in [0.4, 0.5) is 0 Å². The second-order valence-corrected chi connectivity index (χ2v) is 5.26. The van der Waals surface area contributed by atoms with Crippen LogP contribution in [0.1, 0.15) is 41.4 Å². The number of aryl methyl sites for hydroxylation is 1. The topological polar surface area (TPSA) is 60.5 Å². The van der Waals surface area contributed by atoms with Crippen LogP contribution >= 0.6 is 0 Å². The molecule has 1 amide bonds. The number of carbonyl (C=O) groups is 1. The van der Waals surface area contributed by atoms with Gasteiger partial charge >= 0.3 is 0 Å². The summed E-state index contributed by atoms with van der Waals surface area (Å²) in [6.45, 7) is 6.37. The van der Waals surface area contributed by atoms with E-state index in [2.05, 4.69) is 10.3 Å². The van der Waals surface area contributed by atoms with Gasteiger partial charge in [0, 0.05) is 17.8 Å². The Bertz CT molecular complexity index is 668. The monoisotopic (exact) mass is 314 g/mol. The maximum absolute atomic E-state index is 12.3. The standard InChI is InChI=1S/C18H22N2O3/c1-5-23-17-9-7-14(11-19-17)18(21)20-13(3)15-10-12(2)6-8-16(15)22-4/h6-11,13H,5H2,1-4H3,(H,20,21). The van der Waals surface area contributed by atoms with E-state index in [1.165, 1.54) is 6.20 Å². The summed E-state index contributed by atoms with van der Waals surface area (Å²) in [4.78, 5) is 16.5. The smallest absolute Gasteiger partial charge is 0.253 e. The number of pyridine rings is 1. The SMILES string of the molecule is CCOc1ccc(C(=O)NC(C)c2cc(C)ccc2OC)cn1. The zero-order valence-electron chi connectivity index (χ0n) is 13.9. The summed E-state index contributed by atoms with van der Waals surface area (Å²) in [5.41, 5.74) is 2.55. The molecular formula is C18H22N2O3. The van der Waals surface area contributed by atoms with Crippen molar-refractivity contribution >= 4 is 5.91 Å². The van der Waals surface area contributed by atoms with Crippen molar-refractivity contribution in [1.29, 1.82) is 0 Å². The van der Waals surface area contributed by atoms with Crippen LogP contribution in [0.2, 0.25) is 0 Å². The summed E-state index contributed by atoms with van der Waals surface area (Å²) in [6, 6.07) is 9.12. The first kappa shape index (κ1) is 16.8. The molecule has 0 saturated carbocycles. The van der Waals surface area contributed by atoms with Crippen molar-refractivity contribution < 1.29 is 14.3 Å². The quantitative estimate of drug-likeness (QED) is 0.889. The second kappa shape index (κ2) is 7.63. The van der Waals surface area contributed by atoms with Crippen molar-refractivity contribution in [3.8, 4) is 11.6 Å². The molecule has 1 unspecified atom stereocenters. The van der Waals surface area contributed by atoms with Crippen LogP contribution in [0.25, 0.3) is 0 Å². The fourth-order valence-corrected chi connectivity index (χ4v) is 2.30. The zero-order chi connectivity index (χ0) is 16.8. The summed E-state index contributed by atoms with van der Waals surface area (Å²) in [5, 5.41) is 2.97. The highest BCUT2D eigenvalue weighted by atomic mass is 16.5. The van der Waals surface area contributed by atoms with Gasteiger partial charge < -0.3 is 14.8 Å². The Morgan fingerprint density at radius 3 is 2.70 bits per heavy atom. The molecule has 1 N–H and O–H groups in total. The number of methoxy groups -OCH3 is 1. The summed E-state index contributed by atoms with van der Waals surface area (Å²) in [5.74, 6) is 1.09. The Labute approximate surface area is 136 Å². The summed E-state index contributed by atoms with van der Waals surface area (Å²) >= 11 is 0. The molecule has 23 heavy (non-hydrogen) atoms. The molecular weight excluding hydrogens is 292 g/mol. The van der Waals surface area contributed by atoms with Crippen LogP contribution in [0.15, 0.2) is 36.5 Å². The summed E-state index contributed by atoms with van der Waals surface area (Å²) < 4.78 is 10.6. The van der Waals surface area contributed by atoms with Crippen LogP contribution < -0.4 is 14.8 Å². The molecule has 0 spiro atoms. The largest absolute Gasteiger partial charge is 0.496 e. The minimum Gasteiger partial charge on any atom is -0.496 e. The fraction of sp³-hybridized carbons (Fsp3) is 0.333. The maximum atomic E-state index is 12.3. The first-order valence-corrected chi connectivity index (χ1v) is 7.59. The highest BCUT2D eigenvalue weighted by molar-refractivity contribution is 5.94. The highest BCUT2D eigenvalue weighted by Gasteiger charge is 2.15. The van der Waals surface area contributed by atoms with Gasteiger partial charge in [-0.3, -0.25) is 4.79 Å². The Morgan fingerprint density at radius 2 is 2.09 bits per heavy atom. The van der Waals surface area contributed by atoms with Crippen molar-refractivity contribution in [2.45, 2.75) is 26.8 Å². The lowest BCUT2D eigenvalue weighted by Crippen LogP contribution is -2.27. The van der Waals surface area contributed by atoms with E-state index >= 15 is 0 Å². The van der Waals surface area contributed by atoms with Gasteiger partial charge in [-0.25, -0.2) is 4.98 Å². The summed E-state index contributed by atoms with van der Waals surface area (Å²) in [7, 11) is 1.62. The lowest BCUT2D eigenvalue weighted by Gasteiger charge is -2.18. The van der Waals surface area contributed by atoms with Crippen LogP contribution in [0, 0.1) is 6.92 Å². The molecule has 1 heterocycles. The van der Waals surface area contributed by atoms with E-state index in [0.29, 0.717) is 18.1 Å². The number of amides is 1. The number of benzene rings is 1. The number of hydrogen-bond acceptors (Lipinski definition) is 4. The van der Waals surface area contributed by atoms with Gasteiger partial charge in [0.05, 0.1) is 25.3 Å². The van der Waals surface area contributed by atoms with Gasteiger partial charge in [-0.2, -0.15) is 0 Å². The molecule has 0 radical (unpaired) electrons. The van der Waals surface area contributed by atoms with E-state index in [-0.39, 0.29) is 11.9 Å². The van der Waals surface area contributed by atoms with Crippen molar-refractivity contribution in [3.05, 3.63) is 53.2 Å². The van der Waals surface area contributed by atoms with Crippen LogP contribution in [0.5, 0.6) is 11.6 Å². The van der Waals surface area contributed by atoms with Crippen LogP contribution in [-0.2, 0) is 0 Å². The van der Waals surface area contributed by atoms with E-state index in [9.17, 15) is 4.79 Å². The minimum atomic E-state index is -0.184. The number of rotatable bonds is 6. The van der Waals surface area contributed by atoms with Crippen molar-refractivity contribution in [2.24, 2.45) is 0 Å². The van der Waals surface area contributed by atoms with Crippen LogP contribution in [-0.4, -0.2) is 24.6 Å². The normalized spacial score (nSPS) is 11.7. The average Bonchev–Trinajstić information content (AvgIpc) is 2.55. The predicted molar refractivity (Wildman–Crippen MR) is 89.0 cm³/mol. The van der Waals surface area contributed by atoms with Gasteiger partial charge in [-0.05, 0) is 32.9 Å². The maximum Gasteiger partial charge on any atom is 0.253 e. The number of ether oxygens (including phenoxy) is 2. The first-order valence-electron chi connectivity index (χ1n) is 7.59. The first-order chi connectivity index (χ1) is 11.0. The average molecular weight is 314 g/mol. The van der Waals surface area contributed by atoms with E-state index in [1.54, 1.807) is 19.2 Å². The third-order valence-corrected chi connectivity index (χ3v) is 3.49. The number of hydrogen-bond donors (Lipinski definition) is 1. The molecule has 2 rings (SSSR count). The molecule has 0 aliphatic heterocycles. The van der Waals surface area contributed by atoms with E-state index in [4.69, 9.17) is 9.47 Å². The third-order valence-electron chi connectivity index (χ3n) is 3.49. The number of nitrogens with one attached hydrogen (secondary N) is 1. The molecule has 2 aromatic rings. The highest BCUT2D eigenvalue weighted by Crippen LogP contribution is 2.26. The molecule has 0 saturated heterocycles. The lowest BCUT2D eigenvalue weighted by molar-refractivity contribution is 0.0939. The molecule has 5 heteroatoms. The van der Waals surface area contributed by atoms with Gasteiger partial charge in [-0.15, -0.1) is 0 Å². The van der Waals surface area contributed by atoms with Crippen molar-refractivity contribution in [3.63, 3.8) is 0 Å². The third kappa shape index (κ3) is 4.22. The molecule has 0 aliphatic carbocycles. The lowest BCUT2D eigenvalue weighted by atomic mass is 10.0. The van der Waals surface area contributed by atoms with Crippen molar-refractivity contribution in [1.82, 2.24) is 10.3 Å². The Hall–Kier alpha value is -2.56. The van der Waals surface area contributed by atoms with Gasteiger partial charge in [0.1, 0.15) is 5.75 Å². The molecule has 0 aliphatic rings. The van der Waals surface area contributed by atoms with E-state index in [1.807, 2.05) is 39.0 Å². The predicted octanol–water partition coefficient (Wildman–Crippen LogP) is 3.29. The Morgan fingerprint density at radius 1 is 1.30 bits per heavy atom. The molecule has 5 nitrogen and oxygen atoms in total. The van der Waals surface area contributed by atoms with E-state index in [0.717, 1.165) is 16.9 Å². The van der Waals surface area contributed by atoms with E-state index < -0.39 is 0 Å². The number of nitrogens with zero attached hydrogens (tertiary/aromatic N) is 1. The summed E-state index contributed by atoms with van der Waals surface area (Å²) in [6.07, 6.45) is 1.51. The van der Waals surface area contributed by atoms with Gasteiger partial charge in [0.25, 0.3) is 5.91 Å². The molecule has 1 atom stereocenters. The second-order valence-electron chi connectivity index (χ2n) is 5.26. The molecule has 122 valence electrons. The van der Waals surface area contributed by atoms with Crippen LogP contribution in [0.3, 0.4) is 0 Å². The fourth-order valence-electron chi connectivity index (χ4n) is 2.30. The Kier molecular flexibility index (Phi) is 5.57. The molecule has 1 aromatic heterocycles. The minimum absolute atomic E-state index is 0.177. The van der Waals surface area contributed by atoms with Gasteiger partial charge in [0.2, 0.25) is 5.88 Å².